The van der Waals surface area contributed by atoms with Crippen molar-refractivity contribution < 1.29 is 9.85 Å². The minimum atomic E-state index is -0.733. The molecule has 0 aliphatic heterocycles. The topological polar surface area (TPSA) is 247 Å². The Bertz CT molecular complexity index is 433. The molecule has 0 saturated heterocycles. The molecule has 2 aromatic heterocycles. The van der Waals surface area contributed by atoms with Crippen molar-refractivity contribution in [2.75, 3.05) is 13.1 Å². The third kappa shape index (κ3) is 7.24. The van der Waals surface area contributed by atoms with Crippen LogP contribution in [0.2, 0.25) is 0 Å². The van der Waals surface area contributed by atoms with E-state index in [1.807, 2.05) is 10.4 Å². The van der Waals surface area contributed by atoms with E-state index >= 15 is 0 Å². The van der Waals surface area contributed by atoms with Gasteiger partial charge < -0.3 is 31.7 Å². The standard InChI is InChI=1S/C2H8N2.2CHN5O2/c3-1-2-4;2*7-6(8)1-2-4-5-3-1/h1-4H2;2*(H,2,3,4,5). The molecule has 0 unspecified atom stereocenters. The molecule has 110 valence electrons. The first-order chi connectivity index (χ1) is 9.52. The molecule has 0 amide bonds. The monoisotopic (exact) mass is 290 g/mol. The number of tetrazole rings is 2. The molecule has 0 saturated carbocycles. The first-order valence-electron chi connectivity index (χ1n) is 4.68. The van der Waals surface area contributed by atoms with E-state index in [4.69, 9.17) is 11.5 Å². The molecule has 0 spiro atoms. The maximum Gasteiger partial charge on any atom is 0.514 e. The Labute approximate surface area is 109 Å². The van der Waals surface area contributed by atoms with Crippen LogP contribution >= 0.6 is 0 Å². The van der Waals surface area contributed by atoms with Crippen molar-refractivity contribution in [3.8, 4) is 0 Å². The highest BCUT2D eigenvalue weighted by molar-refractivity contribution is 4.91. The predicted octanol–water partition coefficient (Wildman–Crippen LogP) is -2.88. The van der Waals surface area contributed by atoms with Crippen LogP contribution in [0.5, 0.6) is 0 Å². The van der Waals surface area contributed by atoms with Crippen LogP contribution in [0.3, 0.4) is 0 Å². The highest BCUT2D eigenvalue weighted by Gasteiger charge is 2.08. The molecule has 6 N–H and O–H groups in total. The van der Waals surface area contributed by atoms with Gasteiger partial charge in [-0.3, -0.25) is 0 Å². The Hall–Kier alpha value is -3.14. The summed E-state index contributed by atoms with van der Waals surface area (Å²) in [4.78, 5) is 17.9. The number of H-pyrrole nitrogens is 2. The number of hydrogen-bond acceptors (Lipinski definition) is 12. The molecule has 0 aliphatic rings. The van der Waals surface area contributed by atoms with Gasteiger partial charge in [0.25, 0.3) is 0 Å². The molecular formula is C4H10N12O4. The SMILES string of the molecule is NCCN.O=[N+]([O-])c1nn[nH]n1.O=[N+]([O-])c1nn[nH]n1. The van der Waals surface area contributed by atoms with E-state index in [0.29, 0.717) is 13.1 Å². The summed E-state index contributed by atoms with van der Waals surface area (Å²) in [6, 6.07) is 0. The number of nitro groups is 2. The largest absolute Gasteiger partial charge is 0.514 e. The number of hydrogen-bond donors (Lipinski definition) is 4. The molecule has 16 heteroatoms. The van der Waals surface area contributed by atoms with E-state index in [1.165, 1.54) is 0 Å². The highest BCUT2D eigenvalue weighted by atomic mass is 16.6. The summed E-state index contributed by atoms with van der Waals surface area (Å²) in [5, 5.41) is 41.5. The fraction of sp³-hybridized carbons (Fsp3) is 0.500. The van der Waals surface area contributed by atoms with Crippen LogP contribution in [0, 0.1) is 20.2 Å². The lowest BCUT2D eigenvalue weighted by atomic mass is 10.7. The van der Waals surface area contributed by atoms with E-state index in [1.54, 1.807) is 0 Å². The van der Waals surface area contributed by atoms with Gasteiger partial charge in [-0.05, 0) is 9.85 Å². The Balaban J connectivity index is 0.000000289. The van der Waals surface area contributed by atoms with Crippen molar-refractivity contribution >= 4 is 11.9 Å². The van der Waals surface area contributed by atoms with Gasteiger partial charge in [0.15, 0.2) is 0 Å². The van der Waals surface area contributed by atoms with Crippen molar-refractivity contribution in [2.45, 2.75) is 0 Å². The normalized spacial score (nSPS) is 8.70. The number of rotatable bonds is 3. The zero-order valence-electron chi connectivity index (χ0n) is 9.78. The first-order valence-corrected chi connectivity index (χ1v) is 4.68. The molecule has 0 aromatic carbocycles. The molecule has 0 aliphatic carbocycles. The quantitative estimate of drug-likeness (QED) is 0.328. The second-order valence-electron chi connectivity index (χ2n) is 2.52. The van der Waals surface area contributed by atoms with Gasteiger partial charge in [-0.1, -0.05) is 10.4 Å². The van der Waals surface area contributed by atoms with E-state index in [2.05, 4.69) is 30.8 Å². The van der Waals surface area contributed by atoms with Gasteiger partial charge in [-0.15, -0.1) is 0 Å². The Morgan fingerprint density at radius 1 is 0.900 bits per heavy atom. The Morgan fingerprint density at radius 2 is 1.25 bits per heavy atom. The number of nitrogens with zero attached hydrogens (tertiary/aromatic N) is 8. The maximum absolute atomic E-state index is 9.68. The van der Waals surface area contributed by atoms with E-state index in [-0.39, 0.29) is 0 Å². The van der Waals surface area contributed by atoms with Crippen molar-refractivity contribution in [3.05, 3.63) is 20.2 Å². The second kappa shape index (κ2) is 9.85. The van der Waals surface area contributed by atoms with Crippen LogP contribution < -0.4 is 11.5 Å². The van der Waals surface area contributed by atoms with E-state index < -0.39 is 21.7 Å². The van der Waals surface area contributed by atoms with Gasteiger partial charge in [0.1, 0.15) is 0 Å². The summed E-state index contributed by atoms with van der Waals surface area (Å²) in [6.07, 6.45) is 0. The van der Waals surface area contributed by atoms with Gasteiger partial charge in [-0.2, -0.15) is 0 Å². The van der Waals surface area contributed by atoms with Crippen LogP contribution in [0.25, 0.3) is 0 Å². The smallest absolute Gasteiger partial charge is 0.390 e. The summed E-state index contributed by atoms with van der Waals surface area (Å²) in [6.45, 7) is 1.19. The molecular weight excluding hydrogens is 280 g/mol. The average molecular weight is 290 g/mol. The second-order valence-corrected chi connectivity index (χ2v) is 2.52. The maximum atomic E-state index is 9.68. The number of nitrogens with two attached hydrogens (primary N) is 2. The predicted molar refractivity (Wildman–Crippen MR) is 59.8 cm³/mol. The third-order valence-electron chi connectivity index (χ3n) is 1.16. The number of aromatic amines is 2. The van der Waals surface area contributed by atoms with Crippen molar-refractivity contribution in [2.24, 2.45) is 11.5 Å². The number of nitrogens with one attached hydrogen (secondary N) is 2. The van der Waals surface area contributed by atoms with E-state index in [9.17, 15) is 20.2 Å². The van der Waals surface area contributed by atoms with Crippen LogP contribution in [0.15, 0.2) is 0 Å². The Kier molecular flexibility index (Phi) is 8.30. The lowest BCUT2D eigenvalue weighted by molar-refractivity contribution is -0.394. The molecule has 2 rings (SSSR count). The average Bonchev–Trinajstić information content (AvgIpc) is 3.12. The summed E-state index contributed by atoms with van der Waals surface area (Å²) < 4.78 is 0. The van der Waals surface area contributed by atoms with Crippen molar-refractivity contribution in [1.82, 2.24) is 41.2 Å². The minimum Gasteiger partial charge on any atom is -0.390 e. The van der Waals surface area contributed by atoms with E-state index in [0.717, 1.165) is 0 Å². The first kappa shape index (κ1) is 16.9. The summed E-state index contributed by atoms with van der Waals surface area (Å²) in [5.41, 5.74) is 9.81. The fourth-order valence-electron chi connectivity index (χ4n) is 0.468. The van der Waals surface area contributed by atoms with Gasteiger partial charge in [0.05, 0.1) is 10.2 Å². The highest BCUT2D eigenvalue weighted by Crippen LogP contribution is 1.92. The molecule has 0 fully saturated rings. The van der Waals surface area contributed by atoms with Crippen molar-refractivity contribution in [1.29, 1.82) is 0 Å². The molecule has 2 aromatic rings. The summed E-state index contributed by atoms with van der Waals surface area (Å²) >= 11 is 0. The zero-order chi connectivity index (χ0) is 15.4. The molecule has 0 bridgehead atoms. The lowest BCUT2D eigenvalue weighted by Gasteiger charge is -1.79. The zero-order valence-corrected chi connectivity index (χ0v) is 9.78. The van der Waals surface area contributed by atoms with Crippen LogP contribution in [-0.2, 0) is 0 Å². The van der Waals surface area contributed by atoms with Gasteiger partial charge in [0, 0.05) is 33.7 Å². The molecule has 20 heavy (non-hydrogen) atoms. The Morgan fingerprint density at radius 3 is 1.35 bits per heavy atom. The fourth-order valence-corrected chi connectivity index (χ4v) is 0.468. The van der Waals surface area contributed by atoms with Gasteiger partial charge >= 0.3 is 11.9 Å². The molecule has 0 atom stereocenters. The lowest BCUT2D eigenvalue weighted by Crippen LogP contribution is -2.11. The van der Waals surface area contributed by atoms with Crippen LogP contribution in [0.1, 0.15) is 0 Å². The van der Waals surface area contributed by atoms with Gasteiger partial charge in [0.2, 0.25) is 0 Å². The number of aromatic nitrogens is 8. The molecule has 16 nitrogen and oxygen atoms in total. The molecule has 0 radical (unpaired) electrons. The van der Waals surface area contributed by atoms with Crippen molar-refractivity contribution in [3.63, 3.8) is 0 Å². The van der Waals surface area contributed by atoms with Gasteiger partial charge in [-0.25, -0.2) is 0 Å². The minimum absolute atomic E-state index is 0.509. The van der Waals surface area contributed by atoms with Crippen LogP contribution in [-0.4, -0.2) is 64.2 Å². The third-order valence-corrected chi connectivity index (χ3v) is 1.16. The van der Waals surface area contributed by atoms with Crippen LogP contribution in [0.4, 0.5) is 11.9 Å². The molecule has 2 heterocycles. The summed E-state index contributed by atoms with van der Waals surface area (Å²) in [7, 11) is 0. The summed E-state index contributed by atoms with van der Waals surface area (Å²) in [5.74, 6) is -1.02.